The summed E-state index contributed by atoms with van der Waals surface area (Å²) in [5.41, 5.74) is 4.99. The Morgan fingerprint density at radius 1 is 1.16 bits per heavy atom. The fourth-order valence-electron chi connectivity index (χ4n) is 2.52. The SMILES string of the molecule is NCC(c1cc(F)cc(C(F)(F)F)c1)N1CCCC1. The molecule has 1 aromatic carbocycles. The number of nitrogens with two attached hydrogens (primary N) is 1. The summed E-state index contributed by atoms with van der Waals surface area (Å²) in [5, 5.41) is 0. The molecule has 1 saturated heterocycles. The van der Waals surface area contributed by atoms with Crippen LogP contribution < -0.4 is 5.73 Å². The van der Waals surface area contributed by atoms with Crippen molar-refractivity contribution in [2.45, 2.75) is 25.1 Å². The number of likely N-dealkylation sites (tertiary alicyclic amines) is 1. The first-order chi connectivity index (χ1) is 8.91. The van der Waals surface area contributed by atoms with Gasteiger partial charge < -0.3 is 5.73 Å². The third-order valence-electron chi connectivity index (χ3n) is 3.44. The van der Waals surface area contributed by atoms with Crippen molar-refractivity contribution in [3.8, 4) is 0 Å². The molecule has 0 radical (unpaired) electrons. The van der Waals surface area contributed by atoms with Crippen molar-refractivity contribution in [3.63, 3.8) is 0 Å². The molecule has 0 spiro atoms. The number of nitrogens with zero attached hydrogens (tertiary/aromatic N) is 1. The second-order valence-corrected chi connectivity index (χ2v) is 4.77. The highest BCUT2D eigenvalue weighted by Gasteiger charge is 2.32. The standard InChI is InChI=1S/C13H16F4N2/c14-11-6-9(5-10(7-11)13(15,16)17)12(8-18)19-3-1-2-4-19/h5-7,12H,1-4,8,18H2. The van der Waals surface area contributed by atoms with Gasteiger partial charge in [0.1, 0.15) is 5.82 Å². The molecule has 0 saturated carbocycles. The van der Waals surface area contributed by atoms with Crippen molar-refractivity contribution in [3.05, 3.63) is 35.1 Å². The van der Waals surface area contributed by atoms with Gasteiger partial charge in [0.05, 0.1) is 5.56 Å². The molecule has 0 aromatic heterocycles. The fourth-order valence-corrected chi connectivity index (χ4v) is 2.52. The molecule has 106 valence electrons. The van der Waals surface area contributed by atoms with Crippen LogP contribution in [0.15, 0.2) is 18.2 Å². The van der Waals surface area contributed by atoms with Gasteiger partial charge in [-0.3, -0.25) is 4.90 Å². The monoisotopic (exact) mass is 276 g/mol. The van der Waals surface area contributed by atoms with Gasteiger partial charge in [-0.1, -0.05) is 0 Å². The number of hydrogen-bond acceptors (Lipinski definition) is 2. The van der Waals surface area contributed by atoms with Gasteiger partial charge in [0.2, 0.25) is 0 Å². The molecular formula is C13H16F4N2. The van der Waals surface area contributed by atoms with Crippen LogP contribution in [0.2, 0.25) is 0 Å². The van der Waals surface area contributed by atoms with E-state index in [2.05, 4.69) is 0 Å². The number of alkyl halides is 3. The smallest absolute Gasteiger partial charge is 0.329 e. The fraction of sp³-hybridized carbons (Fsp3) is 0.538. The van der Waals surface area contributed by atoms with E-state index in [1.54, 1.807) is 0 Å². The Morgan fingerprint density at radius 3 is 2.32 bits per heavy atom. The molecule has 0 amide bonds. The Balaban J connectivity index is 2.34. The molecule has 1 aliphatic heterocycles. The van der Waals surface area contributed by atoms with E-state index in [0.717, 1.165) is 38.1 Å². The minimum absolute atomic E-state index is 0.181. The first-order valence-electron chi connectivity index (χ1n) is 6.23. The summed E-state index contributed by atoms with van der Waals surface area (Å²) in [7, 11) is 0. The lowest BCUT2D eigenvalue weighted by atomic mass is 10.0. The third kappa shape index (κ3) is 3.25. The average Bonchev–Trinajstić information content (AvgIpc) is 2.82. The summed E-state index contributed by atoms with van der Waals surface area (Å²) in [5.74, 6) is -0.873. The van der Waals surface area contributed by atoms with Crippen molar-refractivity contribution in [1.82, 2.24) is 4.90 Å². The molecule has 1 aromatic rings. The lowest BCUT2D eigenvalue weighted by Crippen LogP contribution is -2.31. The van der Waals surface area contributed by atoms with Gasteiger partial charge in [-0.05, 0) is 49.7 Å². The van der Waals surface area contributed by atoms with E-state index in [1.165, 1.54) is 0 Å². The van der Waals surface area contributed by atoms with E-state index in [4.69, 9.17) is 5.73 Å². The second kappa shape index (κ2) is 5.46. The summed E-state index contributed by atoms with van der Waals surface area (Å²) >= 11 is 0. The molecule has 1 unspecified atom stereocenters. The van der Waals surface area contributed by atoms with Crippen molar-refractivity contribution in [2.24, 2.45) is 5.73 Å². The Morgan fingerprint density at radius 2 is 1.79 bits per heavy atom. The highest BCUT2D eigenvalue weighted by molar-refractivity contribution is 5.29. The van der Waals surface area contributed by atoms with Crippen LogP contribution in [0, 0.1) is 5.82 Å². The van der Waals surface area contributed by atoms with E-state index in [0.29, 0.717) is 11.6 Å². The topological polar surface area (TPSA) is 29.3 Å². The van der Waals surface area contributed by atoms with E-state index in [9.17, 15) is 17.6 Å². The first kappa shape index (κ1) is 14.3. The lowest BCUT2D eigenvalue weighted by Gasteiger charge is -2.27. The summed E-state index contributed by atoms with van der Waals surface area (Å²) in [6.45, 7) is 1.76. The van der Waals surface area contributed by atoms with Crippen LogP contribution in [-0.2, 0) is 6.18 Å². The summed E-state index contributed by atoms with van der Waals surface area (Å²) < 4.78 is 51.4. The molecule has 2 N–H and O–H groups in total. The van der Waals surface area contributed by atoms with Gasteiger partial charge in [0.15, 0.2) is 0 Å². The number of halogens is 4. The van der Waals surface area contributed by atoms with Gasteiger partial charge in [-0.25, -0.2) is 4.39 Å². The molecule has 2 nitrogen and oxygen atoms in total. The van der Waals surface area contributed by atoms with Crippen LogP contribution in [0.5, 0.6) is 0 Å². The van der Waals surface area contributed by atoms with Crippen molar-refractivity contribution in [1.29, 1.82) is 0 Å². The maximum Gasteiger partial charge on any atom is 0.416 e. The van der Waals surface area contributed by atoms with Crippen LogP contribution in [0.1, 0.15) is 30.0 Å². The Labute approximate surface area is 109 Å². The van der Waals surface area contributed by atoms with Crippen LogP contribution in [0.25, 0.3) is 0 Å². The molecular weight excluding hydrogens is 260 g/mol. The third-order valence-corrected chi connectivity index (χ3v) is 3.44. The Bertz CT molecular complexity index is 439. The zero-order chi connectivity index (χ0) is 14.0. The predicted molar refractivity (Wildman–Crippen MR) is 64.0 cm³/mol. The largest absolute Gasteiger partial charge is 0.416 e. The number of hydrogen-bond donors (Lipinski definition) is 1. The summed E-state index contributed by atoms with van der Waals surface area (Å²) in [4.78, 5) is 2.01. The highest BCUT2D eigenvalue weighted by Crippen LogP contribution is 2.33. The Hall–Kier alpha value is -1.14. The Kier molecular flexibility index (Phi) is 4.10. The summed E-state index contributed by atoms with van der Waals surface area (Å²) in [6.07, 6.45) is -2.54. The van der Waals surface area contributed by atoms with Crippen molar-refractivity contribution in [2.75, 3.05) is 19.6 Å². The van der Waals surface area contributed by atoms with Crippen LogP contribution >= 0.6 is 0 Å². The minimum Gasteiger partial charge on any atom is -0.329 e. The molecule has 0 bridgehead atoms. The second-order valence-electron chi connectivity index (χ2n) is 4.77. The molecule has 0 aliphatic carbocycles. The predicted octanol–water partition coefficient (Wildman–Crippen LogP) is 2.94. The van der Waals surface area contributed by atoms with Crippen LogP contribution in [0.4, 0.5) is 17.6 Å². The lowest BCUT2D eigenvalue weighted by molar-refractivity contribution is -0.137. The highest BCUT2D eigenvalue weighted by atomic mass is 19.4. The van der Waals surface area contributed by atoms with Gasteiger partial charge in [-0.2, -0.15) is 13.2 Å². The van der Waals surface area contributed by atoms with Gasteiger partial charge in [-0.15, -0.1) is 0 Å². The minimum atomic E-state index is -4.54. The quantitative estimate of drug-likeness (QED) is 0.860. The van der Waals surface area contributed by atoms with Gasteiger partial charge in [0, 0.05) is 12.6 Å². The first-order valence-corrected chi connectivity index (χ1v) is 6.23. The van der Waals surface area contributed by atoms with Crippen LogP contribution in [0.3, 0.4) is 0 Å². The average molecular weight is 276 g/mol. The van der Waals surface area contributed by atoms with Gasteiger partial charge >= 0.3 is 6.18 Å². The molecule has 6 heteroatoms. The number of benzene rings is 1. The zero-order valence-electron chi connectivity index (χ0n) is 10.4. The van der Waals surface area contributed by atoms with E-state index >= 15 is 0 Å². The van der Waals surface area contributed by atoms with Crippen molar-refractivity contribution >= 4 is 0 Å². The molecule has 1 atom stereocenters. The molecule has 1 heterocycles. The molecule has 1 aliphatic rings. The van der Waals surface area contributed by atoms with Crippen molar-refractivity contribution < 1.29 is 17.6 Å². The van der Waals surface area contributed by atoms with E-state index in [-0.39, 0.29) is 12.6 Å². The maximum absolute atomic E-state index is 13.4. The molecule has 2 rings (SSSR count). The maximum atomic E-state index is 13.4. The van der Waals surface area contributed by atoms with Gasteiger partial charge in [0.25, 0.3) is 0 Å². The molecule has 19 heavy (non-hydrogen) atoms. The summed E-state index contributed by atoms with van der Waals surface area (Å²) in [6, 6.07) is 2.31. The molecule has 1 fully saturated rings. The van der Waals surface area contributed by atoms with E-state index in [1.807, 2.05) is 4.90 Å². The normalized spacial score (nSPS) is 18.8. The zero-order valence-corrected chi connectivity index (χ0v) is 10.4. The van der Waals surface area contributed by atoms with Crippen LogP contribution in [-0.4, -0.2) is 24.5 Å². The van der Waals surface area contributed by atoms with E-state index < -0.39 is 17.6 Å². The number of rotatable bonds is 3.